The highest BCUT2D eigenvalue weighted by molar-refractivity contribution is 7.80. The Morgan fingerprint density at radius 1 is 0.565 bits per heavy atom. The maximum absolute atomic E-state index is 4.28. The monoisotopic (exact) mass is 364 g/mol. The van der Waals surface area contributed by atoms with Crippen molar-refractivity contribution in [3.63, 3.8) is 0 Å². The fraction of sp³-hybridized carbons (Fsp3) is 0.400. The SMILES string of the molecule is CCCCCCCCc1ccc(S)cc1.Sc1ccc(S)cc1. The zero-order chi connectivity index (χ0) is 16.9. The molecular formula is C20H28S3. The Morgan fingerprint density at radius 2 is 0.957 bits per heavy atom. The van der Waals surface area contributed by atoms with Crippen LogP contribution < -0.4 is 0 Å². The number of rotatable bonds is 7. The number of unbranched alkanes of at least 4 members (excludes halogenated alkanes) is 5. The number of benzene rings is 2. The van der Waals surface area contributed by atoms with E-state index in [0.717, 1.165) is 14.7 Å². The van der Waals surface area contributed by atoms with Gasteiger partial charge in [-0.2, -0.15) is 0 Å². The summed E-state index contributed by atoms with van der Waals surface area (Å²) in [6, 6.07) is 16.2. The van der Waals surface area contributed by atoms with Gasteiger partial charge in [0.2, 0.25) is 0 Å². The van der Waals surface area contributed by atoms with Gasteiger partial charge in [0.05, 0.1) is 0 Å². The fourth-order valence-electron chi connectivity index (χ4n) is 2.22. The van der Waals surface area contributed by atoms with Gasteiger partial charge in [0.1, 0.15) is 0 Å². The molecule has 0 saturated heterocycles. The van der Waals surface area contributed by atoms with Crippen LogP contribution in [0.3, 0.4) is 0 Å². The summed E-state index contributed by atoms with van der Waals surface area (Å²) in [6.45, 7) is 2.26. The molecule has 0 N–H and O–H groups in total. The molecule has 0 atom stereocenters. The molecule has 2 aromatic rings. The minimum absolute atomic E-state index is 0.975. The van der Waals surface area contributed by atoms with E-state index in [1.54, 1.807) is 0 Å². The Morgan fingerprint density at radius 3 is 1.43 bits per heavy atom. The third-order valence-corrected chi connectivity index (χ3v) is 4.50. The molecule has 23 heavy (non-hydrogen) atoms. The zero-order valence-electron chi connectivity index (χ0n) is 13.9. The Kier molecular flexibility index (Phi) is 11.5. The van der Waals surface area contributed by atoms with Crippen LogP contribution in [0.4, 0.5) is 0 Å². The van der Waals surface area contributed by atoms with Gasteiger partial charge in [0.25, 0.3) is 0 Å². The molecule has 0 saturated carbocycles. The van der Waals surface area contributed by atoms with Crippen molar-refractivity contribution in [2.24, 2.45) is 0 Å². The number of hydrogen-bond acceptors (Lipinski definition) is 3. The van der Waals surface area contributed by atoms with Crippen molar-refractivity contribution >= 4 is 37.9 Å². The second kappa shape index (κ2) is 12.9. The molecule has 3 heteroatoms. The molecule has 0 aliphatic heterocycles. The van der Waals surface area contributed by atoms with Crippen LogP contribution >= 0.6 is 37.9 Å². The van der Waals surface area contributed by atoms with Gasteiger partial charge >= 0.3 is 0 Å². The quantitative estimate of drug-likeness (QED) is 0.337. The van der Waals surface area contributed by atoms with Crippen molar-refractivity contribution in [2.45, 2.75) is 66.6 Å². The van der Waals surface area contributed by atoms with Crippen LogP contribution in [-0.4, -0.2) is 0 Å². The Hall–Kier alpha value is -0.510. The van der Waals surface area contributed by atoms with Crippen LogP contribution in [0.25, 0.3) is 0 Å². The zero-order valence-corrected chi connectivity index (χ0v) is 16.6. The smallest absolute Gasteiger partial charge is 0.00407 e. The molecule has 0 aliphatic carbocycles. The summed E-state index contributed by atoms with van der Waals surface area (Å²) in [4.78, 5) is 3.01. The topological polar surface area (TPSA) is 0 Å². The molecule has 2 rings (SSSR count). The Bertz CT molecular complexity index is 497. The van der Waals surface area contributed by atoms with Gasteiger partial charge in [-0.25, -0.2) is 0 Å². The minimum Gasteiger partial charge on any atom is -0.143 e. The van der Waals surface area contributed by atoms with Crippen LogP contribution in [0.1, 0.15) is 51.0 Å². The van der Waals surface area contributed by atoms with Gasteiger partial charge in [0, 0.05) is 14.7 Å². The third-order valence-electron chi connectivity index (χ3n) is 3.61. The standard InChI is InChI=1S/C14H22S.C6H6S2/c1-2-3-4-5-6-7-8-13-9-11-14(15)12-10-13;7-5-1-2-6(8)4-3-5/h9-12,15H,2-8H2,1H3;1-4,7-8H. The van der Waals surface area contributed by atoms with Crippen LogP contribution in [0.2, 0.25) is 0 Å². The van der Waals surface area contributed by atoms with Gasteiger partial charge in [-0.3, -0.25) is 0 Å². The normalized spacial score (nSPS) is 10.1. The summed E-state index contributed by atoms with van der Waals surface area (Å²) in [5, 5.41) is 0. The van der Waals surface area contributed by atoms with Crippen LogP contribution in [0.5, 0.6) is 0 Å². The Labute approximate surface area is 158 Å². The van der Waals surface area contributed by atoms with Crippen LogP contribution in [0.15, 0.2) is 63.2 Å². The van der Waals surface area contributed by atoms with Crippen molar-refractivity contribution in [1.82, 2.24) is 0 Å². The van der Waals surface area contributed by atoms with E-state index in [2.05, 4.69) is 69.1 Å². The van der Waals surface area contributed by atoms with Gasteiger partial charge < -0.3 is 0 Å². The first-order chi connectivity index (χ1) is 11.1. The maximum atomic E-state index is 4.28. The predicted molar refractivity (Wildman–Crippen MR) is 112 cm³/mol. The summed E-state index contributed by atoms with van der Waals surface area (Å²) >= 11 is 12.5. The number of thiol groups is 3. The highest BCUT2D eigenvalue weighted by Crippen LogP contribution is 2.12. The van der Waals surface area contributed by atoms with E-state index in [1.807, 2.05) is 24.3 Å². The van der Waals surface area contributed by atoms with Crippen molar-refractivity contribution < 1.29 is 0 Å². The first-order valence-corrected chi connectivity index (χ1v) is 9.72. The fourth-order valence-corrected chi connectivity index (χ4v) is 2.67. The molecule has 2 aromatic carbocycles. The second-order valence-corrected chi connectivity index (χ2v) is 7.25. The molecule has 0 amide bonds. The summed E-state index contributed by atoms with van der Waals surface area (Å²) in [5.74, 6) is 0. The van der Waals surface area contributed by atoms with Gasteiger partial charge in [-0.05, 0) is 54.8 Å². The highest BCUT2D eigenvalue weighted by atomic mass is 32.1. The summed E-state index contributed by atoms with van der Waals surface area (Å²) in [5.41, 5.74) is 1.45. The minimum atomic E-state index is 0.975. The molecule has 0 spiro atoms. The van der Waals surface area contributed by atoms with E-state index < -0.39 is 0 Å². The van der Waals surface area contributed by atoms with Crippen molar-refractivity contribution in [2.75, 3.05) is 0 Å². The lowest BCUT2D eigenvalue weighted by atomic mass is 10.1. The lowest BCUT2D eigenvalue weighted by molar-refractivity contribution is 0.607. The van der Waals surface area contributed by atoms with E-state index in [4.69, 9.17) is 0 Å². The first kappa shape index (κ1) is 20.5. The maximum Gasteiger partial charge on any atom is 0.00407 e. The van der Waals surface area contributed by atoms with Crippen molar-refractivity contribution in [3.05, 3.63) is 54.1 Å². The molecule has 0 aliphatic rings. The van der Waals surface area contributed by atoms with Crippen LogP contribution in [0, 0.1) is 0 Å². The number of aryl methyl sites for hydroxylation is 1. The number of hydrogen-bond donors (Lipinski definition) is 3. The van der Waals surface area contributed by atoms with Crippen LogP contribution in [-0.2, 0) is 6.42 Å². The second-order valence-electron chi connectivity index (χ2n) is 5.70. The van der Waals surface area contributed by atoms with E-state index in [-0.39, 0.29) is 0 Å². The lowest BCUT2D eigenvalue weighted by Gasteiger charge is -2.02. The molecule has 0 aromatic heterocycles. The summed E-state index contributed by atoms with van der Waals surface area (Å²) < 4.78 is 0. The molecule has 0 fully saturated rings. The van der Waals surface area contributed by atoms with Crippen molar-refractivity contribution in [3.8, 4) is 0 Å². The van der Waals surface area contributed by atoms with Gasteiger partial charge in [0.15, 0.2) is 0 Å². The Balaban J connectivity index is 0.000000277. The van der Waals surface area contributed by atoms with E-state index in [9.17, 15) is 0 Å². The first-order valence-electron chi connectivity index (χ1n) is 8.37. The van der Waals surface area contributed by atoms with Gasteiger partial charge in [-0.1, -0.05) is 51.2 Å². The molecule has 0 bridgehead atoms. The molecular weight excluding hydrogens is 336 g/mol. The summed E-state index contributed by atoms with van der Waals surface area (Å²) in [6.07, 6.45) is 9.47. The third kappa shape index (κ3) is 10.8. The van der Waals surface area contributed by atoms with Gasteiger partial charge in [-0.15, -0.1) is 37.9 Å². The molecule has 126 valence electrons. The van der Waals surface area contributed by atoms with E-state index >= 15 is 0 Å². The largest absolute Gasteiger partial charge is 0.143 e. The molecule has 0 unspecified atom stereocenters. The summed E-state index contributed by atoms with van der Waals surface area (Å²) in [7, 11) is 0. The predicted octanol–water partition coefficient (Wildman–Crippen LogP) is 7.14. The highest BCUT2D eigenvalue weighted by Gasteiger charge is 1.94. The molecule has 0 nitrogen and oxygen atoms in total. The lowest BCUT2D eigenvalue weighted by Crippen LogP contribution is -1.85. The average molecular weight is 365 g/mol. The van der Waals surface area contributed by atoms with Crippen molar-refractivity contribution in [1.29, 1.82) is 0 Å². The average Bonchev–Trinajstić information content (AvgIpc) is 2.56. The molecule has 0 heterocycles. The van der Waals surface area contributed by atoms with E-state index in [1.165, 1.54) is 50.5 Å². The molecule has 0 radical (unpaired) electrons. The van der Waals surface area contributed by atoms with E-state index in [0.29, 0.717) is 0 Å².